The van der Waals surface area contributed by atoms with E-state index in [2.05, 4.69) is 30.3 Å². The van der Waals surface area contributed by atoms with Gasteiger partial charge in [-0.3, -0.25) is 9.78 Å². The monoisotopic (exact) mass is 311 g/mol. The average Bonchev–Trinajstić information content (AvgIpc) is 2.97. The molecule has 2 aromatic heterocycles. The van der Waals surface area contributed by atoms with Gasteiger partial charge in [0.15, 0.2) is 10.9 Å². The number of H-pyrrole nitrogens is 1. The first-order valence-corrected chi connectivity index (χ1v) is 8.13. The zero-order valence-corrected chi connectivity index (χ0v) is 12.4. The van der Waals surface area contributed by atoms with Crippen LogP contribution >= 0.6 is 0 Å². The maximum absolute atomic E-state index is 12.3. The van der Waals surface area contributed by atoms with Gasteiger partial charge in [-0.2, -0.15) is 10.2 Å². The third kappa shape index (κ3) is 3.46. The highest BCUT2D eigenvalue weighted by Gasteiger charge is 2.24. The van der Waals surface area contributed by atoms with Gasteiger partial charge in [-0.15, -0.1) is 0 Å². The van der Waals surface area contributed by atoms with Crippen LogP contribution in [0.5, 0.6) is 0 Å². The molecule has 3 N–H and O–H groups in total. The number of hydrogen-bond donors (Lipinski definition) is 3. The molecule has 9 nitrogen and oxygen atoms in total. The van der Waals surface area contributed by atoms with Crippen molar-refractivity contribution in [2.24, 2.45) is 7.05 Å². The molecule has 1 saturated carbocycles. The molecule has 1 aliphatic rings. The van der Waals surface area contributed by atoms with Crippen molar-refractivity contribution in [3.63, 3.8) is 0 Å². The van der Waals surface area contributed by atoms with Gasteiger partial charge in [0.1, 0.15) is 6.33 Å². The van der Waals surface area contributed by atoms with Crippen LogP contribution in [0.4, 0.5) is 0 Å². The summed E-state index contributed by atoms with van der Waals surface area (Å²) in [5.41, 5.74) is 0.628. The lowest BCUT2D eigenvalue weighted by Gasteiger charge is -2.06. The fraction of sp³-hybridized carbons (Fsp3) is 0.545. The molecule has 114 valence electrons. The molecule has 0 bridgehead atoms. The standard InChI is InChI=1S/C11H17N7O2S/c1-18-7-13-10(17-18)6-15-21(19,20)11-8(5-14-16-11)4-12-9-2-3-9/h5,7,9,12,15H,2-4,6H2,1H3,(H,14,16). The van der Waals surface area contributed by atoms with E-state index in [1.807, 2.05) is 0 Å². The second kappa shape index (κ2) is 5.54. The first-order chi connectivity index (χ1) is 10.0. The van der Waals surface area contributed by atoms with Crippen molar-refractivity contribution in [2.45, 2.75) is 37.0 Å². The molecule has 1 fully saturated rings. The van der Waals surface area contributed by atoms with E-state index in [0.29, 0.717) is 24.0 Å². The van der Waals surface area contributed by atoms with Crippen molar-refractivity contribution in [1.29, 1.82) is 0 Å². The number of aryl methyl sites for hydroxylation is 1. The summed E-state index contributed by atoms with van der Waals surface area (Å²) in [6.45, 7) is 0.525. The van der Waals surface area contributed by atoms with Crippen molar-refractivity contribution in [3.05, 3.63) is 23.9 Å². The van der Waals surface area contributed by atoms with E-state index in [0.717, 1.165) is 12.8 Å². The van der Waals surface area contributed by atoms with Crippen LogP contribution in [-0.4, -0.2) is 39.4 Å². The van der Waals surface area contributed by atoms with Gasteiger partial charge < -0.3 is 5.32 Å². The Morgan fingerprint density at radius 3 is 2.90 bits per heavy atom. The second-order valence-corrected chi connectivity index (χ2v) is 6.74. The minimum absolute atomic E-state index is 0.0394. The molecule has 1 aliphatic carbocycles. The minimum atomic E-state index is -3.66. The summed E-state index contributed by atoms with van der Waals surface area (Å²) < 4.78 is 28.6. The molecule has 0 spiro atoms. The fourth-order valence-electron chi connectivity index (χ4n) is 1.90. The van der Waals surface area contributed by atoms with Gasteiger partial charge in [-0.1, -0.05) is 0 Å². The van der Waals surface area contributed by atoms with Crippen LogP contribution in [0, 0.1) is 0 Å². The van der Waals surface area contributed by atoms with Crippen LogP contribution in [0.15, 0.2) is 17.6 Å². The summed E-state index contributed by atoms with van der Waals surface area (Å²) in [7, 11) is -1.94. The Morgan fingerprint density at radius 2 is 2.24 bits per heavy atom. The van der Waals surface area contributed by atoms with E-state index in [4.69, 9.17) is 0 Å². The van der Waals surface area contributed by atoms with Crippen molar-refractivity contribution >= 4 is 10.0 Å². The Kier molecular flexibility index (Phi) is 3.74. The average molecular weight is 311 g/mol. The van der Waals surface area contributed by atoms with E-state index >= 15 is 0 Å². The normalized spacial score (nSPS) is 15.5. The van der Waals surface area contributed by atoms with E-state index in [-0.39, 0.29) is 11.6 Å². The summed E-state index contributed by atoms with van der Waals surface area (Å²) >= 11 is 0. The Balaban J connectivity index is 1.67. The number of nitrogens with one attached hydrogen (secondary N) is 3. The quantitative estimate of drug-likeness (QED) is 0.620. The molecule has 0 radical (unpaired) electrons. The molecule has 0 amide bonds. The highest BCUT2D eigenvalue weighted by molar-refractivity contribution is 7.89. The van der Waals surface area contributed by atoms with Crippen LogP contribution in [0.2, 0.25) is 0 Å². The minimum Gasteiger partial charge on any atom is -0.310 e. The van der Waals surface area contributed by atoms with Crippen molar-refractivity contribution < 1.29 is 8.42 Å². The molecule has 10 heteroatoms. The van der Waals surface area contributed by atoms with Gasteiger partial charge in [0.2, 0.25) is 0 Å². The lowest BCUT2D eigenvalue weighted by molar-refractivity contribution is 0.571. The maximum Gasteiger partial charge on any atom is 0.258 e. The lowest BCUT2D eigenvalue weighted by Crippen LogP contribution is -2.26. The molecule has 0 atom stereocenters. The van der Waals surface area contributed by atoms with Gasteiger partial charge in [-0.25, -0.2) is 18.1 Å². The highest BCUT2D eigenvalue weighted by Crippen LogP contribution is 2.20. The molecule has 0 saturated heterocycles. The van der Waals surface area contributed by atoms with Gasteiger partial charge in [0, 0.05) is 25.2 Å². The summed E-state index contributed by atoms with van der Waals surface area (Å²) in [6.07, 6.45) is 5.33. The molecule has 3 rings (SSSR count). The Labute approximate surface area is 122 Å². The van der Waals surface area contributed by atoms with Crippen LogP contribution in [0.25, 0.3) is 0 Å². The number of aromatic amines is 1. The van der Waals surface area contributed by atoms with Crippen LogP contribution in [0.3, 0.4) is 0 Å². The predicted molar refractivity (Wildman–Crippen MR) is 73.5 cm³/mol. The predicted octanol–water partition coefficient (Wildman–Crippen LogP) is -0.731. The Bertz CT molecular complexity index is 717. The van der Waals surface area contributed by atoms with E-state index in [1.165, 1.54) is 17.2 Å². The number of nitrogens with zero attached hydrogens (tertiary/aromatic N) is 4. The number of hydrogen-bond acceptors (Lipinski definition) is 6. The molecular formula is C11H17N7O2S. The molecule has 0 aromatic carbocycles. The Hall–Kier alpha value is -1.78. The van der Waals surface area contributed by atoms with E-state index in [9.17, 15) is 8.42 Å². The van der Waals surface area contributed by atoms with Gasteiger partial charge in [0.25, 0.3) is 10.0 Å². The van der Waals surface area contributed by atoms with E-state index < -0.39 is 10.0 Å². The zero-order chi connectivity index (χ0) is 14.9. The highest BCUT2D eigenvalue weighted by atomic mass is 32.2. The molecule has 2 aromatic rings. The Morgan fingerprint density at radius 1 is 1.43 bits per heavy atom. The third-order valence-electron chi connectivity index (χ3n) is 3.17. The fourth-order valence-corrected chi connectivity index (χ4v) is 3.00. The van der Waals surface area contributed by atoms with Gasteiger partial charge in [-0.05, 0) is 12.8 Å². The molecule has 0 unspecified atom stereocenters. The maximum atomic E-state index is 12.3. The van der Waals surface area contributed by atoms with Crippen molar-refractivity contribution in [3.8, 4) is 0 Å². The van der Waals surface area contributed by atoms with Crippen molar-refractivity contribution in [2.75, 3.05) is 0 Å². The molecule has 21 heavy (non-hydrogen) atoms. The topological polar surface area (TPSA) is 118 Å². The smallest absolute Gasteiger partial charge is 0.258 e. The van der Waals surface area contributed by atoms with Crippen LogP contribution in [-0.2, 0) is 30.2 Å². The number of sulfonamides is 1. The largest absolute Gasteiger partial charge is 0.310 e. The summed E-state index contributed by atoms with van der Waals surface area (Å²) in [4.78, 5) is 3.98. The SMILES string of the molecule is Cn1cnc(CNS(=O)(=O)c2[nH]ncc2CNC2CC2)n1. The second-order valence-electron chi connectivity index (χ2n) is 5.04. The first-order valence-electron chi connectivity index (χ1n) is 6.64. The lowest BCUT2D eigenvalue weighted by atomic mass is 10.3. The summed E-state index contributed by atoms with van der Waals surface area (Å²) in [5, 5.41) is 13.8. The van der Waals surface area contributed by atoms with Gasteiger partial charge >= 0.3 is 0 Å². The molecule has 2 heterocycles. The summed E-state index contributed by atoms with van der Waals surface area (Å²) in [6, 6.07) is 0.501. The zero-order valence-electron chi connectivity index (χ0n) is 11.6. The van der Waals surface area contributed by atoms with Gasteiger partial charge in [0.05, 0.1) is 12.7 Å². The van der Waals surface area contributed by atoms with Crippen LogP contribution in [0.1, 0.15) is 24.2 Å². The third-order valence-corrected chi connectivity index (χ3v) is 4.59. The number of aromatic nitrogens is 5. The molecule has 0 aliphatic heterocycles. The van der Waals surface area contributed by atoms with Crippen LogP contribution < -0.4 is 10.0 Å². The van der Waals surface area contributed by atoms with E-state index in [1.54, 1.807) is 7.05 Å². The first kappa shape index (κ1) is 14.2. The molecular weight excluding hydrogens is 294 g/mol. The summed E-state index contributed by atoms with van der Waals surface area (Å²) in [5.74, 6) is 0.415. The van der Waals surface area contributed by atoms with Crippen molar-refractivity contribution in [1.82, 2.24) is 35.0 Å². The number of rotatable bonds is 7.